The van der Waals surface area contributed by atoms with Gasteiger partial charge in [-0.05, 0) is 148 Å². The normalized spacial score (nSPS) is 19.7. The van der Waals surface area contributed by atoms with Crippen LogP contribution in [-0.2, 0) is 29.7 Å². The summed E-state index contributed by atoms with van der Waals surface area (Å²) in [5, 5.41) is 4.29. The molecule has 1 unspecified atom stereocenters. The molecule has 4 aromatic rings. The van der Waals surface area contributed by atoms with Crippen LogP contribution in [0.3, 0.4) is 0 Å². The second-order valence-electron chi connectivity index (χ2n) is 18.7. The van der Waals surface area contributed by atoms with E-state index in [1.54, 1.807) is 30.7 Å². The molecule has 3 aromatic carbocycles. The van der Waals surface area contributed by atoms with E-state index in [1.165, 1.54) is 19.3 Å². The van der Waals surface area contributed by atoms with Crippen molar-refractivity contribution in [3.63, 3.8) is 0 Å². The number of nitrogens with one attached hydrogen (secondary N) is 1. The molecule has 3 saturated heterocycles. The summed E-state index contributed by atoms with van der Waals surface area (Å²) >= 11 is 0. The number of benzene rings is 3. The van der Waals surface area contributed by atoms with Crippen molar-refractivity contribution in [2.24, 2.45) is 18.4 Å². The minimum Gasteiger partial charge on any atom is -0.496 e. The summed E-state index contributed by atoms with van der Waals surface area (Å²) in [5.41, 5.74) is 5.95. The van der Waals surface area contributed by atoms with E-state index in [4.69, 9.17) is 14.2 Å². The molecule has 0 radical (unpaired) electrons. The van der Waals surface area contributed by atoms with Gasteiger partial charge in [0.2, 0.25) is 5.91 Å². The van der Waals surface area contributed by atoms with Gasteiger partial charge in [0.15, 0.2) is 0 Å². The Morgan fingerprint density at radius 1 is 0.889 bits per heavy atom. The lowest BCUT2D eigenvalue weighted by Gasteiger charge is -2.52. The molecule has 5 aliphatic rings. The number of fused-ring (bicyclic) bond motifs is 2. The molecule has 1 N–H and O–H groups in total. The van der Waals surface area contributed by atoms with Crippen molar-refractivity contribution in [1.29, 1.82) is 0 Å². The van der Waals surface area contributed by atoms with E-state index in [1.807, 2.05) is 37.5 Å². The van der Waals surface area contributed by atoms with Crippen LogP contribution in [0, 0.1) is 11.3 Å². The number of aldehydes is 1. The highest BCUT2D eigenvalue weighted by Gasteiger charge is 2.47. The Hall–Kier alpha value is -5.40. The Kier molecular flexibility index (Phi) is 12.2. The van der Waals surface area contributed by atoms with E-state index in [2.05, 4.69) is 44.3 Å². The van der Waals surface area contributed by atoms with E-state index in [0.717, 1.165) is 129 Å². The second-order valence-corrected chi connectivity index (χ2v) is 18.7. The Balaban J connectivity index is 0.760. The van der Waals surface area contributed by atoms with Gasteiger partial charge in [0.1, 0.15) is 29.6 Å². The number of methoxy groups -OCH3 is 2. The molecule has 334 valence electrons. The van der Waals surface area contributed by atoms with E-state index in [0.29, 0.717) is 41.0 Å². The van der Waals surface area contributed by atoms with Gasteiger partial charge < -0.3 is 43.6 Å². The third-order valence-electron chi connectivity index (χ3n) is 14.8. The standard InChI is InChI=1S/C50H62N6O7/c1-51-47(58)44(7-5-22-57)56-30-34-8-10-37(26-40(34)49(56)60)63-38-27-50(28-38)14-20-54(21-15-50)29-33-12-18-53(19-13-33)32-43-45(61-3)23-35(24-46(43)62-4)42-31-52(2)48(59)39-11-9-36(25-41(39)42)55-16-6-17-55/h8-11,22-26,31,33,38,44H,5-7,12-21,27-30,32H2,1-4H3,(H,51,58). The number of likely N-dealkylation sites (tertiary alicyclic amines) is 2. The molecule has 63 heavy (non-hydrogen) atoms. The second kappa shape index (κ2) is 18.0. The average Bonchev–Trinajstić information content (AvgIpc) is 3.59. The van der Waals surface area contributed by atoms with Crippen molar-refractivity contribution < 1.29 is 28.6 Å². The largest absolute Gasteiger partial charge is 0.496 e. The summed E-state index contributed by atoms with van der Waals surface area (Å²) in [5.74, 6) is 2.53. The van der Waals surface area contributed by atoms with E-state index >= 15 is 0 Å². The lowest BCUT2D eigenvalue weighted by atomic mass is 9.61. The molecule has 4 fully saturated rings. The SMILES string of the molecule is CNC(=O)C(CCC=O)N1Cc2ccc(OC3CC4(CCN(CC5CCN(Cc6c(OC)cc(-c7cn(C)c(=O)c8ccc(N9CCC9)cc78)cc6OC)CC5)CC4)C3)cc2C1=O. The molecule has 2 amide bonds. The Labute approximate surface area is 370 Å². The van der Waals surface area contributed by atoms with Crippen LogP contribution >= 0.6 is 0 Å². The smallest absolute Gasteiger partial charge is 0.258 e. The third-order valence-corrected chi connectivity index (χ3v) is 14.8. The summed E-state index contributed by atoms with van der Waals surface area (Å²) < 4.78 is 20.2. The minimum atomic E-state index is -0.675. The number of hydrogen-bond acceptors (Lipinski definition) is 10. The predicted molar refractivity (Wildman–Crippen MR) is 244 cm³/mol. The predicted octanol–water partition coefficient (Wildman–Crippen LogP) is 6.02. The number of carbonyl (C=O) groups excluding carboxylic acids is 3. The molecule has 1 spiro atoms. The summed E-state index contributed by atoms with van der Waals surface area (Å²) in [6, 6.07) is 15.4. The first-order chi connectivity index (χ1) is 30.6. The first-order valence-corrected chi connectivity index (χ1v) is 22.9. The lowest BCUT2D eigenvalue weighted by molar-refractivity contribution is -0.125. The van der Waals surface area contributed by atoms with E-state index in [9.17, 15) is 19.2 Å². The quantitative estimate of drug-likeness (QED) is 0.142. The van der Waals surface area contributed by atoms with Gasteiger partial charge in [0.05, 0.1) is 25.9 Å². The number of ether oxygens (including phenoxy) is 3. The highest BCUT2D eigenvalue weighted by Crippen LogP contribution is 2.51. The zero-order valence-corrected chi connectivity index (χ0v) is 37.3. The number of hydrogen-bond donors (Lipinski definition) is 1. The molecule has 1 aromatic heterocycles. The van der Waals surface area contributed by atoms with Crippen LogP contribution in [0.1, 0.15) is 79.3 Å². The number of nitrogens with zero attached hydrogens (tertiary/aromatic N) is 5. The Morgan fingerprint density at radius 3 is 2.27 bits per heavy atom. The van der Waals surface area contributed by atoms with Gasteiger partial charge in [-0.3, -0.25) is 19.3 Å². The molecule has 13 nitrogen and oxygen atoms in total. The third kappa shape index (κ3) is 8.54. The highest BCUT2D eigenvalue weighted by molar-refractivity contribution is 6.01. The van der Waals surface area contributed by atoms with Gasteiger partial charge in [0, 0.05) is 81.6 Å². The number of anilines is 1. The van der Waals surface area contributed by atoms with Crippen molar-refractivity contribution in [1.82, 2.24) is 24.6 Å². The zero-order chi connectivity index (χ0) is 43.8. The van der Waals surface area contributed by atoms with Crippen LogP contribution in [0.2, 0.25) is 0 Å². The van der Waals surface area contributed by atoms with Gasteiger partial charge in [-0.25, -0.2) is 0 Å². The fourth-order valence-electron chi connectivity index (χ4n) is 10.9. The Morgan fingerprint density at radius 2 is 1.62 bits per heavy atom. The summed E-state index contributed by atoms with van der Waals surface area (Å²) in [4.78, 5) is 59.3. The van der Waals surface area contributed by atoms with E-state index in [-0.39, 0.29) is 29.9 Å². The maximum absolute atomic E-state index is 13.4. The maximum atomic E-state index is 13.4. The zero-order valence-electron chi connectivity index (χ0n) is 37.3. The molecular formula is C50H62N6O7. The summed E-state index contributed by atoms with van der Waals surface area (Å²) in [6.07, 6.45) is 11.4. The van der Waals surface area contributed by atoms with Crippen molar-refractivity contribution in [2.45, 2.75) is 83.0 Å². The fourth-order valence-corrected chi connectivity index (χ4v) is 10.9. The average molecular weight is 859 g/mol. The molecule has 5 heterocycles. The highest BCUT2D eigenvalue weighted by atomic mass is 16.5. The number of carbonyl (C=O) groups is 3. The number of aryl methyl sites for hydroxylation is 1. The van der Waals surface area contributed by atoms with Crippen LogP contribution < -0.4 is 30.0 Å². The van der Waals surface area contributed by atoms with Gasteiger partial charge in [-0.1, -0.05) is 6.07 Å². The number of rotatable bonds is 15. The maximum Gasteiger partial charge on any atom is 0.258 e. The lowest BCUT2D eigenvalue weighted by Crippen LogP contribution is -2.51. The van der Waals surface area contributed by atoms with Crippen LogP contribution in [0.15, 0.2) is 59.5 Å². The van der Waals surface area contributed by atoms with Gasteiger partial charge in [0.25, 0.3) is 11.5 Å². The molecular weight excluding hydrogens is 797 g/mol. The first kappa shape index (κ1) is 42.9. The van der Waals surface area contributed by atoms with Gasteiger partial charge >= 0.3 is 0 Å². The molecule has 13 heteroatoms. The van der Waals surface area contributed by atoms with Crippen LogP contribution in [0.25, 0.3) is 21.9 Å². The molecule has 9 rings (SSSR count). The van der Waals surface area contributed by atoms with Crippen molar-refractivity contribution in [3.8, 4) is 28.4 Å². The number of piperidine rings is 2. The van der Waals surface area contributed by atoms with Gasteiger partial charge in [-0.2, -0.15) is 0 Å². The van der Waals surface area contributed by atoms with Crippen LogP contribution in [0.4, 0.5) is 5.69 Å². The first-order valence-electron chi connectivity index (χ1n) is 22.9. The number of pyridine rings is 1. The molecule has 4 aliphatic heterocycles. The molecule has 0 bridgehead atoms. The monoisotopic (exact) mass is 858 g/mol. The molecule has 1 aliphatic carbocycles. The van der Waals surface area contributed by atoms with Crippen LogP contribution in [0.5, 0.6) is 17.2 Å². The fraction of sp³-hybridized carbons (Fsp3) is 0.520. The van der Waals surface area contributed by atoms with Crippen molar-refractivity contribution in [2.75, 3.05) is 72.0 Å². The number of aromatic nitrogens is 1. The number of amides is 2. The molecule has 1 saturated carbocycles. The summed E-state index contributed by atoms with van der Waals surface area (Å²) in [6.45, 7) is 8.64. The van der Waals surface area contributed by atoms with Crippen molar-refractivity contribution in [3.05, 3.63) is 81.8 Å². The van der Waals surface area contributed by atoms with E-state index < -0.39 is 6.04 Å². The van der Waals surface area contributed by atoms with Crippen molar-refractivity contribution >= 4 is 34.6 Å². The van der Waals surface area contributed by atoms with Gasteiger partial charge in [-0.15, -0.1) is 0 Å². The Bertz CT molecular complexity index is 2400. The summed E-state index contributed by atoms with van der Waals surface area (Å²) in [7, 11) is 6.82. The molecule has 1 atom stereocenters. The number of likely N-dealkylation sites (N-methyl/N-ethyl adjacent to an activating group) is 1. The topological polar surface area (TPSA) is 126 Å². The minimum absolute atomic E-state index is 0.00292. The van der Waals surface area contributed by atoms with Crippen LogP contribution in [-0.4, -0.2) is 117 Å².